The van der Waals surface area contributed by atoms with Crippen molar-refractivity contribution in [1.82, 2.24) is 25.9 Å². The molecule has 1 aromatic carbocycles. The third-order valence-corrected chi connectivity index (χ3v) is 12.1. The number of benzene rings is 1. The standard InChI is InChI=1S/C26H31IN8O4S2/c27-13-8-15-16(39-12-38-15)9-18(13)41-25-24-34(23-21(35(24)25)22(28)30-11-31-23)7-3-6-29-19(36)5-2-1-4-17-20-14(10-40-17)32-26(37)33-20/h8-9,11,14,17,20,24-25H,1-7,10,12H2,(H,29,36)(H2,28,30,31)(H2,32,33,37)/t14-,17-,20-,24?,25?,35?/m0/s1. The molecule has 0 spiro atoms. The van der Waals surface area contributed by atoms with Crippen molar-refractivity contribution in [3.05, 3.63) is 22.0 Å². The van der Waals surface area contributed by atoms with E-state index in [-0.39, 0.29) is 42.4 Å². The molecule has 5 N–H and O–H groups in total. The maximum Gasteiger partial charge on any atom is 0.315 e. The molecule has 3 fully saturated rings. The number of carbonyl (C=O) groups is 2. The first kappa shape index (κ1) is 27.3. The number of halogens is 1. The number of fused-ring (bicyclic) bond motifs is 5. The normalized spacial score (nSPS) is 26.4. The lowest BCUT2D eigenvalue weighted by molar-refractivity contribution is -0.121. The minimum absolute atomic E-state index is 0.0545. The molecule has 0 saturated carbocycles. The minimum atomic E-state index is -0.0545. The molecule has 41 heavy (non-hydrogen) atoms. The fourth-order valence-electron chi connectivity index (χ4n) is 6.04. The van der Waals surface area contributed by atoms with Crippen molar-refractivity contribution in [3.63, 3.8) is 0 Å². The zero-order chi connectivity index (χ0) is 28.1. The summed E-state index contributed by atoms with van der Waals surface area (Å²) in [5.41, 5.74) is 7.17. The number of aromatic nitrogens is 2. The van der Waals surface area contributed by atoms with Crippen molar-refractivity contribution in [2.24, 2.45) is 0 Å². The Morgan fingerprint density at radius 2 is 2.07 bits per heavy atom. The van der Waals surface area contributed by atoms with Crippen LogP contribution in [-0.2, 0) is 4.79 Å². The van der Waals surface area contributed by atoms with Gasteiger partial charge in [-0.1, -0.05) is 18.2 Å². The fourth-order valence-corrected chi connectivity index (χ4v) is 9.69. The molecule has 7 rings (SSSR count). The Labute approximate surface area is 259 Å². The Morgan fingerprint density at radius 3 is 2.95 bits per heavy atom. The van der Waals surface area contributed by atoms with E-state index in [1.54, 1.807) is 11.8 Å². The van der Waals surface area contributed by atoms with Crippen LogP contribution < -0.4 is 41.0 Å². The first-order chi connectivity index (χ1) is 20.0. The number of ether oxygens (including phenoxy) is 2. The van der Waals surface area contributed by atoms with E-state index >= 15 is 0 Å². The highest BCUT2D eigenvalue weighted by atomic mass is 127. The summed E-state index contributed by atoms with van der Waals surface area (Å²) in [7, 11) is 0. The van der Waals surface area contributed by atoms with E-state index in [1.165, 1.54) is 6.33 Å². The number of amides is 3. The summed E-state index contributed by atoms with van der Waals surface area (Å²) in [5.74, 6) is 3.94. The lowest BCUT2D eigenvalue weighted by Gasteiger charge is -2.21. The molecule has 2 unspecified atom stereocenters. The van der Waals surface area contributed by atoms with Crippen LogP contribution >= 0.6 is 46.1 Å². The van der Waals surface area contributed by atoms with Crippen LogP contribution in [0.4, 0.5) is 22.1 Å². The quantitative estimate of drug-likeness (QED) is 0.118. The van der Waals surface area contributed by atoms with Gasteiger partial charge in [-0.25, -0.2) is 14.8 Å². The number of carbonyl (C=O) groups excluding carboxylic acids is 2. The van der Waals surface area contributed by atoms with Crippen molar-refractivity contribution in [3.8, 4) is 11.5 Å². The molecule has 3 saturated heterocycles. The van der Waals surface area contributed by atoms with Gasteiger partial charge in [0.15, 0.2) is 23.1 Å². The molecule has 2 aromatic rings. The Balaban J connectivity index is 0.882. The Kier molecular flexibility index (Phi) is 7.51. The van der Waals surface area contributed by atoms with Gasteiger partial charge in [0.2, 0.25) is 12.7 Å². The number of nitrogens with zero attached hydrogens (tertiary/aromatic N) is 4. The predicted octanol–water partition coefficient (Wildman–Crippen LogP) is 2.71. The van der Waals surface area contributed by atoms with Crippen LogP contribution in [0, 0.1) is 3.57 Å². The average Bonchev–Trinajstić information content (AvgIpc) is 3.37. The largest absolute Gasteiger partial charge is 0.454 e. The van der Waals surface area contributed by atoms with Crippen molar-refractivity contribution in [2.45, 2.75) is 65.9 Å². The van der Waals surface area contributed by atoms with Gasteiger partial charge in [-0.05, 0) is 54.0 Å². The van der Waals surface area contributed by atoms with Gasteiger partial charge >= 0.3 is 6.03 Å². The number of anilines is 3. The SMILES string of the molecule is Nc1ncnc2c1N1C(Sc3cc4c(cc3I)OCO4)C1N2CCCNC(=O)CCCC[C@@H]1SC[C@@H]2NC(=O)N[C@@H]21. The molecule has 5 atom stereocenters. The van der Waals surface area contributed by atoms with Gasteiger partial charge in [0.05, 0.1) is 12.1 Å². The summed E-state index contributed by atoms with van der Waals surface area (Å²) in [6.07, 6.45) is 5.82. The van der Waals surface area contributed by atoms with Gasteiger partial charge in [-0.15, -0.1) is 0 Å². The number of unbranched alkanes of at least 4 members (excludes halogenated alkanes) is 1. The number of nitrogens with one attached hydrogen (secondary N) is 3. The molecule has 12 nitrogen and oxygen atoms in total. The average molecular weight is 711 g/mol. The van der Waals surface area contributed by atoms with E-state index in [9.17, 15) is 9.59 Å². The maximum absolute atomic E-state index is 12.5. The van der Waals surface area contributed by atoms with Crippen molar-refractivity contribution >= 4 is 75.4 Å². The Bertz CT molecular complexity index is 1370. The molecule has 15 heteroatoms. The molecule has 218 valence electrons. The highest BCUT2D eigenvalue weighted by Crippen LogP contribution is 2.57. The van der Waals surface area contributed by atoms with Gasteiger partial charge in [-0.3, -0.25) is 4.79 Å². The number of nitrogens with two attached hydrogens (primary N) is 1. The Hall–Kier alpha value is -2.53. The molecule has 0 bridgehead atoms. The summed E-state index contributed by atoms with van der Waals surface area (Å²) in [5, 5.41) is 9.70. The molecule has 5 aliphatic heterocycles. The Morgan fingerprint density at radius 1 is 1.22 bits per heavy atom. The maximum atomic E-state index is 12.5. The van der Waals surface area contributed by atoms with Crippen LogP contribution in [0.1, 0.15) is 32.1 Å². The zero-order valence-electron chi connectivity index (χ0n) is 22.2. The van der Waals surface area contributed by atoms with Crippen LogP contribution in [0.25, 0.3) is 0 Å². The third kappa shape index (κ3) is 5.28. The van der Waals surface area contributed by atoms with Gasteiger partial charge in [0.1, 0.15) is 23.6 Å². The second kappa shape index (κ2) is 11.3. The first-order valence-corrected chi connectivity index (χ1v) is 16.9. The fraction of sp³-hybridized carbons (Fsp3) is 0.538. The van der Waals surface area contributed by atoms with E-state index in [0.29, 0.717) is 24.0 Å². The molecule has 1 aromatic heterocycles. The molecule has 0 aliphatic carbocycles. The zero-order valence-corrected chi connectivity index (χ0v) is 26.0. The van der Waals surface area contributed by atoms with E-state index in [4.69, 9.17) is 15.2 Å². The summed E-state index contributed by atoms with van der Waals surface area (Å²) < 4.78 is 12.2. The molecule has 5 aliphatic rings. The molecule has 6 heterocycles. The van der Waals surface area contributed by atoms with Gasteiger partial charge in [0.25, 0.3) is 0 Å². The predicted molar refractivity (Wildman–Crippen MR) is 167 cm³/mol. The van der Waals surface area contributed by atoms with Crippen molar-refractivity contribution < 1.29 is 19.1 Å². The summed E-state index contributed by atoms with van der Waals surface area (Å²) in [4.78, 5) is 38.5. The summed E-state index contributed by atoms with van der Waals surface area (Å²) >= 11 is 6.02. The van der Waals surface area contributed by atoms with Crippen LogP contribution in [0.3, 0.4) is 0 Å². The topological polar surface area (TPSA) is 147 Å². The molecular weight excluding hydrogens is 679 g/mol. The van der Waals surface area contributed by atoms with E-state index < -0.39 is 0 Å². The summed E-state index contributed by atoms with van der Waals surface area (Å²) in [6, 6.07) is 4.47. The lowest BCUT2D eigenvalue weighted by Crippen LogP contribution is -2.36. The van der Waals surface area contributed by atoms with E-state index in [1.807, 2.05) is 23.9 Å². The second-order valence-electron chi connectivity index (χ2n) is 10.7. The number of thioether (sulfide) groups is 2. The van der Waals surface area contributed by atoms with Crippen LogP contribution in [0.15, 0.2) is 23.4 Å². The number of hydrogen-bond acceptors (Lipinski definition) is 11. The van der Waals surface area contributed by atoms with Crippen molar-refractivity contribution in [2.75, 3.05) is 41.2 Å². The van der Waals surface area contributed by atoms with Gasteiger partial charge < -0.3 is 41.0 Å². The number of urea groups is 1. The molecular formula is C26H31IN8O4S2. The molecule has 0 radical (unpaired) electrons. The highest BCUT2D eigenvalue weighted by Gasteiger charge is 2.60. The number of nitrogen functional groups attached to an aromatic ring is 1. The lowest BCUT2D eigenvalue weighted by atomic mass is 10.0. The van der Waals surface area contributed by atoms with Gasteiger partial charge in [0, 0.05) is 39.0 Å². The van der Waals surface area contributed by atoms with Crippen LogP contribution in [0.2, 0.25) is 0 Å². The second-order valence-corrected chi connectivity index (χ2v) is 14.3. The molecule has 3 amide bonds. The van der Waals surface area contributed by atoms with Crippen LogP contribution in [-0.4, -0.2) is 76.4 Å². The number of rotatable bonds is 11. The monoisotopic (exact) mass is 710 g/mol. The minimum Gasteiger partial charge on any atom is -0.454 e. The van der Waals surface area contributed by atoms with Crippen molar-refractivity contribution in [1.29, 1.82) is 0 Å². The third-order valence-electron chi connectivity index (χ3n) is 8.06. The first-order valence-electron chi connectivity index (χ1n) is 13.8. The van der Waals surface area contributed by atoms with Gasteiger partial charge in [-0.2, -0.15) is 11.8 Å². The number of hydrogen-bond donors (Lipinski definition) is 4. The highest BCUT2D eigenvalue weighted by molar-refractivity contribution is 14.1. The van der Waals surface area contributed by atoms with Crippen LogP contribution in [0.5, 0.6) is 11.5 Å². The van der Waals surface area contributed by atoms with E-state index in [0.717, 1.165) is 69.5 Å². The van der Waals surface area contributed by atoms with E-state index in [2.05, 4.69) is 58.3 Å². The summed E-state index contributed by atoms with van der Waals surface area (Å²) in [6.45, 7) is 1.61. The smallest absolute Gasteiger partial charge is 0.315 e.